The van der Waals surface area contributed by atoms with E-state index in [0.29, 0.717) is 16.9 Å². The lowest BCUT2D eigenvalue weighted by molar-refractivity contribution is 1.18. The van der Waals surface area contributed by atoms with Crippen molar-refractivity contribution in [2.24, 2.45) is 0 Å². The monoisotopic (exact) mass is 635 g/mol. The first-order valence-electron chi connectivity index (χ1n) is 16.2. The standard InChI is InChI=1S/C45H25N5/c1-47-31-21-24-37-35-12-5-8-17-42(35)50(44(37)27-31)45-38(14-9-15-40(45)48-2)34-11-4-3-10-33(34)30-19-22-32(23-20-30)49-41-16-7-6-13-36(41)39-26-29(28-46)18-25-43(39)49/h3-27H. The van der Waals surface area contributed by atoms with Crippen LogP contribution in [0.25, 0.3) is 86.9 Å². The summed E-state index contributed by atoms with van der Waals surface area (Å²) in [5.41, 5.74) is 11.6. The van der Waals surface area contributed by atoms with Gasteiger partial charge in [-0.25, -0.2) is 9.69 Å². The number of rotatable bonds is 4. The third kappa shape index (κ3) is 4.31. The molecule has 5 heteroatoms. The van der Waals surface area contributed by atoms with Crippen LogP contribution in [0, 0.1) is 24.5 Å². The van der Waals surface area contributed by atoms with E-state index in [9.17, 15) is 5.26 Å². The highest BCUT2D eigenvalue weighted by Gasteiger charge is 2.21. The average Bonchev–Trinajstić information content (AvgIpc) is 3.69. The number of nitriles is 1. The lowest BCUT2D eigenvalue weighted by Gasteiger charge is -2.19. The summed E-state index contributed by atoms with van der Waals surface area (Å²) in [7, 11) is 0. The molecular formula is C45H25N5. The maximum atomic E-state index is 9.57. The number of benzene rings is 7. The summed E-state index contributed by atoms with van der Waals surface area (Å²) in [5, 5.41) is 13.8. The number of aromatic nitrogens is 2. The minimum Gasteiger partial charge on any atom is -0.320 e. The van der Waals surface area contributed by atoms with E-state index in [1.54, 1.807) is 0 Å². The van der Waals surface area contributed by atoms with Gasteiger partial charge >= 0.3 is 0 Å². The van der Waals surface area contributed by atoms with Crippen LogP contribution in [-0.4, -0.2) is 9.13 Å². The Morgan fingerprint density at radius 2 is 1.12 bits per heavy atom. The van der Waals surface area contributed by atoms with E-state index >= 15 is 0 Å². The van der Waals surface area contributed by atoms with Gasteiger partial charge in [0.1, 0.15) is 0 Å². The first-order chi connectivity index (χ1) is 24.7. The molecule has 0 saturated heterocycles. The van der Waals surface area contributed by atoms with Gasteiger partial charge in [0.05, 0.1) is 47.0 Å². The molecule has 50 heavy (non-hydrogen) atoms. The molecule has 230 valence electrons. The highest BCUT2D eigenvalue weighted by atomic mass is 15.0. The Kier molecular flexibility index (Phi) is 6.56. The number of para-hydroxylation sites is 3. The van der Waals surface area contributed by atoms with Gasteiger partial charge in [0.2, 0.25) is 5.69 Å². The van der Waals surface area contributed by atoms with E-state index in [1.165, 1.54) is 0 Å². The van der Waals surface area contributed by atoms with Crippen LogP contribution in [0.15, 0.2) is 152 Å². The van der Waals surface area contributed by atoms with Gasteiger partial charge in [-0.05, 0) is 70.8 Å². The van der Waals surface area contributed by atoms with Gasteiger partial charge in [0, 0.05) is 32.7 Å². The fourth-order valence-corrected chi connectivity index (χ4v) is 7.42. The molecule has 2 heterocycles. The zero-order chi connectivity index (χ0) is 33.8. The number of hydrogen-bond acceptors (Lipinski definition) is 1. The fourth-order valence-electron chi connectivity index (χ4n) is 7.42. The molecule has 0 unspecified atom stereocenters. The summed E-state index contributed by atoms with van der Waals surface area (Å²) in [6.07, 6.45) is 0. The second-order valence-corrected chi connectivity index (χ2v) is 12.2. The number of nitrogens with zero attached hydrogens (tertiary/aromatic N) is 5. The molecule has 2 aromatic heterocycles. The van der Waals surface area contributed by atoms with Crippen LogP contribution < -0.4 is 0 Å². The molecule has 0 bridgehead atoms. The SMILES string of the molecule is [C-]#[N+]c1ccc2c3ccccc3n(-c3c([N+]#[C-])cccc3-c3ccccc3-c3ccc(-n4c5ccccc5c5cc(C#N)ccc54)cc3)c2c1. The Bertz CT molecular complexity index is 2960. The molecule has 0 aliphatic heterocycles. The Balaban J connectivity index is 1.24. The zero-order valence-corrected chi connectivity index (χ0v) is 26.7. The molecule has 0 aliphatic rings. The third-order valence-electron chi connectivity index (χ3n) is 9.60. The molecule has 0 radical (unpaired) electrons. The van der Waals surface area contributed by atoms with Gasteiger partial charge in [-0.15, -0.1) is 0 Å². The summed E-state index contributed by atoms with van der Waals surface area (Å²) in [4.78, 5) is 7.75. The lowest BCUT2D eigenvalue weighted by Crippen LogP contribution is -1.99. The Hall–Kier alpha value is -7.39. The van der Waals surface area contributed by atoms with E-state index < -0.39 is 0 Å². The molecule has 0 spiro atoms. The van der Waals surface area contributed by atoms with Gasteiger partial charge in [0.15, 0.2) is 5.69 Å². The molecule has 0 aliphatic carbocycles. The Morgan fingerprint density at radius 3 is 1.86 bits per heavy atom. The Labute approximate surface area is 288 Å². The molecule has 9 rings (SSSR count). The molecule has 0 N–H and O–H groups in total. The van der Waals surface area contributed by atoms with Crippen molar-refractivity contribution in [1.29, 1.82) is 5.26 Å². The summed E-state index contributed by atoms with van der Waals surface area (Å²) in [5.74, 6) is 0. The normalized spacial score (nSPS) is 11.1. The maximum Gasteiger partial charge on any atom is 0.211 e. The van der Waals surface area contributed by atoms with Crippen LogP contribution >= 0.6 is 0 Å². The van der Waals surface area contributed by atoms with E-state index in [0.717, 1.165) is 77.2 Å². The molecule has 9 aromatic rings. The lowest BCUT2D eigenvalue weighted by atomic mass is 9.93. The van der Waals surface area contributed by atoms with E-state index in [4.69, 9.17) is 13.1 Å². The average molecular weight is 636 g/mol. The van der Waals surface area contributed by atoms with Crippen molar-refractivity contribution in [2.75, 3.05) is 0 Å². The van der Waals surface area contributed by atoms with Gasteiger partial charge in [-0.2, -0.15) is 5.26 Å². The predicted molar refractivity (Wildman–Crippen MR) is 203 cm³/mol. The minimum atomic E-state index is 0.537. The molecule has 0 fully saturated rings. The third-order valence-corrected chi connectivity index (χ3v) is 9.60. The van der Waals surface area contributed by atoms with Crippen molar-refractivity contribution >= 4 is 55.0 Å². The van der Waals surface area contributed by atoms with Gasteiger partial charge in [-0.1, -0.05) is 103 Å². The molecule has 0 amide bonds. The van der Waals surface area contributed by atoms with Gasteiger partial charge in [0.25, 0.3) is 0 Å². The summed E-state index contributed by atoms with van der Waals surface area (Å²) in [6, 6.07) is 53.3. The van der Waals surface area contributed by atoms with Crippen LogP contribution in [0.3, 0.4) is 0 Å². The maximum absolute atomic E-state index is 9.57. The van der Waals surface area contributed by atoms with Crippen LogP contribution in [0.5, 0.6) is 0 Å². The van der Waals surface area contributed by atoms with Crippen LogP contribution in [-0.2, 0) is 0 Å². The zero-order valence-electron chi connectivity index (χ0n) is 26.7. The van der Waals surface area contributed by atoms with E-state index in [1.807, 2.05) is 84.9 Å². The van der Waals surface area contributed by atoms with Gasteiger partial charge in [-0.3, -0.25) is 0 Å². The topological polar surface area (TPSA) is 42.4 Å². The van der Waals surface area contributed by atoms with Crippen molar-refractivity contribution in [1.82, 2.24) is 9.13 Å². The van der Waals surface area contributed by atoms with Crippen LogP contribution in [0.1, 0.15) is 5.56 Å². The molecule has 7 aromatic carbocycles. The largest absolute Gasteiger partial charge is 0.320 e. The highest BCUT2D eigenvalue weighted by Crippen LogP contribution is 2.44. The summed E-state index contributed by atoms with van der Waals surface area (Å²) >= 11 is 0. The predicted octanol–water partition coefficient (Wildman–Crippen LogP) is 12.2. The van der Waals surface area contributed by atoms with Gasteiger partial charge < -0.3 is 9.13 Å². The quantitative estimate of drug-likeness (QED) is 0.177. The second-order valence-electron chi connectivity index (χ2n) is 12.2. The second kappa shape index (κ2) is 11.4. The van der Waals surface area contributed by atoms with Crippen molar-refractivity contribution in [3.05, 3.63) is 180 Å². The first-order valence-corrected chi connectivity index (χ1v) is 16.2. The van der Waals surface area contributed by atoms with Crippen molar-refractivity contribution in [3.63, 3.8) is 0 Å². The molecular weight excluding hydrogens is 611 g/mol. The van der Waals surface area contributed by atoms with Crippen LogP contribution in [0.4, 0.5) is 11.4 Å². The number of hydrogen-bond donors (Lipinski definition) is 0. The number of fused-ring (bicyclic) bond motifs is 6. The highest BCUT2D eigenvalue weighted by molar-refractivity contribution is 6.12. The molecule has 5 nitrogen and oxygen atoms in total. The van der Waals surface area contributed by atoms with Crippen molar-refractivity contribution in [2.45, 2.75) is 0 Å². The van der Waals surface area contributed by atoms with E-state index in [-0.39, 0.29) is 0 Å². The minimum absolute atomic E-state index is 0.537. The summed E-state index contributed by atoms with van der Waals surface area (Å²) < 4.78 is 4.40. The molecule has 0 saturated carbocycles. The summed E-state index contributed by atoms with van der Waals surface area (Å²) in [6.45, 7) is 16.0. The van der Waals surface area contributed by atoms with E-state index in [2.05, 4.69) is 91.6 Å². The molecule has 0 atom stereocenters. The van der Waals surface area contributed by atoms with Crippen molar-refractivity contribution < 1.29 is 0 Å². The Morgan fingerprint density at radius 1 is 0.480 bits per heavy atom. The fraction of sp³-hybridized carbons (Fsp3) is 0. The smallest absolute Gasteiger partial charge is 0.211 e. The first kappa shape index (κ1) is 28.8. The van der Waals surface area contributed by atoms with Crippen molar-refractivity contribution in [3.8, 4) is 39.7 Å². The van der Waals surface area contributed by atoms with Crippen LogP contribution in [0.2, 0.25) is 0 Å².